The van der Waals surface area contributed by atoms with E-state index in [0.29, 0.717) is 0 Å². The van der Waals surface area contributed by atoms with Crippen LogP contribution in [0.2, 0.25) is 5.02 Å². The van der Waals surface area contributed by atoms with E-state index in [2.05, 4.69) is 83.4 Å². The molecule has 29 heavy (non-hydrogen) atoms. The van der Waals surface area contributed by atoms with Gasteiger partial charge in [0.25, 0.3) is 0 Å². The third-order valence-corrected chi connectivity index (χ3v) is 6.07. The van der Waals surface area contributed by atoms with Gasteiger partial charge in [0.15, 0.2) is 0 Å². The zero-order chi connectivity index (χ0) is 20.7. The summed E-state index contributed by atoms with van der Waals surface area (Å²) >= 11 is 8.08. The quantitative estimate of drug-likeness (QED) is 0.259. The third kappa shape index (κ3) is 6.53. The van der Waals surface area contributed by atoms with Crippen LogP contribution < -0.4 is 0 Å². The summed E-state index contributed by atoms with van der Waals surface area (Å²) in [6.45, 7) is 18.8. The molecule has 0 unspecified atom stereocenters. The largest absolute Gasteiger partial charge is 0.341 e. The van der Waals surface area contributed by atoms with E-state index < -0.39 is 0 Å². The molecule has 4 heteroatoms. The van der Waals surface area contributed by atoms with Gasteiger partial charge in [-0.15, -0.1) is 11.8 Å². The molecule has 0 aliphatic heterocycles. The van der Waals surface area contributed by atoms with Crippen LogP contribution in [0.4, 0.5) is 0 Å². The van der Waals surface area contributed by atoms with Crippen LogP contribution in [0.3, 0.4) is 0 Å². The van der Waals surface area contributed by atoms with Crippen molar-refractivity contribution >= 4 is 34.3 Å². The Morgan fingerprint density at radius 3 is 2.14 bits per heavy atom. The predicted molar refractivity (Wildman–Crippen MR) is 126 cm³/mol. The molecule has 0 fully saturated rings. The fourth-order valence-electron chi connectivity index (χ4n) is 3.47. The molecular weight excluding hydrogens is 471 g/mol. The Morgan fingerprint density at radius 1 is 0.966 bits per heavy atom. The topological polar surface area (TPSA) is 4.93 Å². The number of nitrogens with zero attached hydrogens (tertiary/aromatic N) is 1. The van der Waals surface area contributed by atoms with E-state index in [1.165, 1.54) is 27.1 Å². The fourth-order valence-corrected chi connectivity index (χ4v) is 4.79. The van der Waals surface area contributed by atoms with Crippen molar-refractivity contribution in [1.29, 1.82) is 0 Å². The number of thioether (sulfide) groups is 1. The van der Waals surface area contributed by atoms with Crippen molar-refractivity contribution in [1.82, 2.24) is 4.57 Å². The molecule has 0 aliphatic carbocycles. The maximum Gasteiger partial charge on any atom is 0.0478 e. The zero-order valence-corrected chi connectivity index (χ0v) is 22.9. The van der Waals surface area contributed by atoms with Gasteiger partial charge in [-0.1, -0.05) is 71.3 Å². The Bertz CT molecular complexity index is 975. The van der Waals surface area contributed by atoms with Crippen LogP contribution in [0.25, 0.3) is 10.9 Å². The summed E-state index contributed by atoms with van der Waals surface area (Å²) in [6.07, 6.45) is 1.03. The summed E-state index contributed by atoms with van der Waals surface area (Å²) in [5, 5.41) is 2.10. The summed E-state index contributed by atoms with van der Waals surface area (Å²) in [4.78, 5) is 1.40. The van der Waals surface area contributed by atoms with Crippen molar-refractivity contribution in [2.45, 2.75) is 64.2 Å². The van der Waals surface area contributed by atoms with Gasteiger partial charge in [0.05, 0.1) is 0 Å². The van der Waals surface area contributed by atoms with Gasteiger partial charge < -0.3 is 4.57 Å². The number of hydrogen-bond donors (Lipinski definition) is 0. The van der Waals surface area contributed by atoms with Gasteiger partial charge in [-0.2, -0.15) is 24.6 Å². The van der Waals surface area contributed by atoms with E-state index in [1.807, 2.05) is 23.9 Å². The molecule has 2 aromatic carbocycles. The number of fused-ring (bicyclic) bond motifs is 1. The van der Waals surface area contributed by atoms with E-state index in [-0.39, 0.29) is 42.9 Å². The molecule has 0 saturated heterocycles. The van der Waals surface area contributed by atoms with Gasteiger partial charge in [-0.3, -0.25) is 0 Å². The minimum absolute atomic E-state index is 0. The number of aromatic nitrogens is 1. The third-order valence-electron chi connectivity index (χ3n) is 4.54. The Balaban J connectivity index is 0.00000300. The molecule has 0 atom stereocenters. The number of rotatable bonds is 4. The van der Waals surface area contributed by atoms with Crippen molar-refractivity contribution < 1.29 is 32.7 Å². The molecule has 3 rings (SSSR count). The number of benzene rings is 2. The van der Waals surface area contributed by atoms with E-state index in [9.17, 15) is 0 Å². The van der Waals surface area contributed by atoms with Gasteiger partial charge >= 0.3 is 0 Å². The molecule has 3 aromatic rings. The molecule has 0 N–H and O–H groups in total. The van der Waals surface area contributed by atoms with Crippen LogP contribution in [-0.4, -0.2) is 9.31 Å². The predicted octanol–water partition coefficient (Wildman–Crippen LogP) is 8.00. The molecule has 0 spiro atoms. The average Bonchev–Trinajstić information content (AvgIpc) is 2.80. The van der Waals surface area contributed by atoms with Crippen LogP contribution in [0, 0.1) is 12.3 Å². The maximum atomic E-state index is 6.11. The second-order valence-corrected chi connectivity index (χ2v) is 12.1. The number of hydrogen-bond acceptors (Lipinski definition) is 1. The van der Waals surface area contributed by atoms with Gasteiger partial charge in [0.1, 0.15) is 0 Å². The molecular formula is C25H31ClNSY-. The first-order valence-electron chi connectivity index (χ1n) is 9.83. The van der Waals surface area contributed by atoms with Crippen molar-refractivity contribution in [3.8, 4) is 0 Å². The molecule has 1 radical (unpaired) electrons. The minimum atomic E-state index is 0. The summed E-state index contributed by atoms with van der Waals surface area (Å²) in [5.41, 5.74) is 5.24. The van der Waals surface area contributed by atoms with E-state index in [0.717, 1.165) is 23.6 Å². The fraction of sp³-hybridized carbons (Fsp3) is 0.400. The molecule has 1 nitrogen and oxygen atoms in total. The molecule has 0 saturated carbocycles. The van der Waals surface area contributed by atoms with Gasteiger partial charge in [0.2, 0.25) is 0 Å². The van der Waals surface area contributed by atoms with Crippen molar-refractivity contribution in [3.63, 3.8) is 0 Å². The molecule has 0 amide bonds. The smallest absolute Gasteiger partial charge is 0.0478 e. The molecule has 0 aliphatic rings. The van der Waals surface area contributed by atoms with Crippen LogP contribution in [0.15, 0.2) is 47.4 Å². The van der Waals surface area contributed by atoms with Crippen LogP contribution >= 0.6 is 23.4 Å². The summed E-state index contributed by atoms with van der Waals surface area (Å²) < 4.78 is 2.64. The van der Waals surface area contributed by atoms with Gasteiger partial charge in [-0.05, 0) is 34.9 Å². The minimum Gasteiger partial charge on any atom is -0.341 e. The second kappa shape index (κ2) is 9.39. The second-order valence-electron chi connectivity index (χ2n) is 9.79. The Hall–Kier alpha value is -0.406. The summed E-state index contributed by atoms with van der Waals surface area (Å²) in [7, 11) is 0. The standard InChI is InChI=1S/C25H31ClNS.Y/c1-17-8-13-21-20(14-17)23(28-25(5,6)7)22(15-24(2,3)4)27(21)16-18-9-11-19(26)12-10-18;/h8-14H,1,15-16H2,2-7H3;/q-1;. The van der Waals surface area contributed by atoms with E-state index in [4.69, 9.17) is 11.6 Å². The van der Waals surface area contributed by atoms with Crippen LogP contribution in [0.1, 0.15) is 58.4 Å². The van der Waals surface area contributed by atoms with Crippen molar-refractivity contribution in [3.05, 3.63) is 71.2 Å². The zero-order valence-electron chi connectivity index (χ0n) is 18.5. The normalized spacial score (nSPS) is 12.2. The van der Waals surface area contributed by atoms with Gasteiger partial charge in [-0.25, -0.2) is 0 Å². The summed E-state index contributed by atoms with van der Waals surface area (Å²) in [6, 6.07) is 14.8. The van der Waals surface area contributed by atoms with Crippen LogP contribution in [0.5, 0.6) is 0 Å². The average molecular weight is 502 g/mol. The van der Waals surface area contributed by atoms with Crippen molar-refractivity contribution in [2.75, 3.05) is 0 Å². The Kier molecular flexibility index (Phi) is 8.05. The molecule has 1 aromatic heterocycles. The first-order chi connectivity index (χ1) is 12.9. The molecule has 1 heterocycles. The van der Waals surface area contributed by atoms with E-state index in [1.54, 1.807) is 0 Å². The maximum absolute atomic E-state index is 6.11. The number of halogens is 1. The van der Waals surface area contributed by atoms with E-state index >= 15 is 0 Å². The Morgan fingerprint density at radius 2 is 1.59 bits per heavy atom. The molecule has 0 bridgehead atoms. The first kappa shape index (κ1) is 24.9. The SMILES string of the molecule is [CH2-]c1ccc2c(c1)c(SC(C)(C)C)c(CC(C)(C)C)n2Cc1ccc(Cl)cc1.[Y]. The monoisotopic (exact) mass is 501 g/mol. The summed E-state index contributed by atoms with van der Waals surface area (Å²) in [5.74, 6) is 0. The van der Waals surface area contributed by atoms with Gasteiger partial charge in [0, 0.05) is 65.1 Å². The first-order valence-corrected chi connectivity index (χ1v) is 11.0. The van der Waals surface area contributed by atoms with Crippen LogP contribution in [-0.2, 0) is 45.7 Å². The Labute approximate surface area is 210 Å². The van der Waals surface area contributed by atoms with Crippen molar-refractivity contribution in [2.24, 2.45) is 5.41 Å². The molecule has 153 valence electrons.